The molecule has 1 atom stereocenters. The van der Waals surface area contributed by atoms with Gasteiger partial charge >= 0.3 is 0 Å². The van der Waals surface area contributed by atoms with Crippen molar-refractivity contribution in [1.29, 1.82) is 0 Å². The number of benzene rings is 1. The minimum absolute atomic E-state index is 0.0485. The number of carbonyl (C=O) groups excluding carboxylic acids is 2. The summed E-state index contributed by atoms with van der Waals surface area (Å²) < 4.78 is 7.55. The number of Topliss-reactive ketones (excluding diaryl/α,β-unsaturated/α-hetero) is 1. The lowest BCUT2D eigenvalue weighted by Gasteiger charge is -2.25. The Balaban J connectivity index is 1.60. The number of carbonyl (C=O) groups is 2. The van der Waals surface area contributed by atoms with Gasteiger partial charge in [-0.05, 0) is 42.8 Å². The predicted octanol–water partition coefficient (Wildman–Crippen LogP) is 4.49. The van der Waals surface area contributed by atoms with Crippen molar-refractivity contribution in [1.82, 2.24) is 9.55 Å². The number of rotatable bonds is 4. The molecule has 1 amide bonds. The number of amides is 1. The number of aromatic nitrogens is 2. The standard InChI is InChI=1S/C20H16ClN3O3/c21-14-5-1-6-15(19(14)27-13-4-2-10-22-12-13)23-20(26)17-8-9-18(25)16-7-3-11-24(16)17/h1-7,10-12,17H,8-9H2,(H,23,26). The number of pyridine rings is 1. The van der Waals surface area contributed by atoms with Crippen LogP contribution in [-0.4, -0.2) is 21.2 Å². The first-order valence-corrected chi connectivity index (χ1v) is 8.88. The molecule has 0 spiro atoms. The Morgan fingerprint density at radius 2 is 2.11 bits per heavy atom. The van der Waals surface area contributed by atoms with Gasteiger partial charge in [0.05, 0.1) is 22.6 Å². The normalized spacial score (nSPS) is 15.9. The van der Waals surface area contributed by atoms with E-state index in [4.69, 9.17) is 16.3 Å². The van der Waals surface area contributed by atoms with E-state index in [0.717, 1.165) is 0 Å². The third kappa shape index (κ3) is 3.44. The lowest BCUT2D eigenvalue weighted by Crippen LogP contribution is -2.31. The van der Waals surface area contributed by atoms with Crippen LogP contribution in [-0.2, 0) is 4.79 Å². The number of fused-ring (bicyclic) bond motifs is 1. The molecule has 7 heteroatoms. The number of anilines is 1. The van der Waals surface area contributed by atoms with E-state index in [-0.39, 0.29) is 11.7 Å². The summed E-state index contributed by atoms with van der Waals surface area (Å²) in [5.74, 6) is 0.683. The van der Waals surface area contributed by atoms with E-state index in [1.54, 1.807) is 65.6 Å². The van der Waals surface area contributed by atoms with Gasteiger partial charge in [-0.1, -0.05) is 17.7 Å². The molecule has 1 aliphatic rings. The Kier molecular flexibility index (Phi) is 4.64. The molecular formula is C20H16ClN3O3. The maximum absolute atomic E-state index is 12.9. The van der Waals surface area contributed by atoms with Crippen LogP contribution in [0.3, 0.4) is 0 Å². The van der Waals surface area contributed by atoms with Crippen LogP contribution >= 0.6 is 11.6 Å². The highest BCUT2D eigenvalue weighted by Gasteiger charge is 2.30. The highest BCUT2D eigenvalue weighted by atomic mass is 35.5. The Hall–Kier alpha value is -3.12. The molecule has 27 heavy (non-hydrogen) atoms. The van der Waals surface area contributed by atoms with E-state index in [9.17, 15) is 9.59 Å². The smallest absolute Gasteiger partial charge is 0.247 e. The second-order valence-corrected chi connectivity index (χ2v) is 6.58. The van der Waals surface area contributed by atoms with Gasteiger partial charge in [0, 0.05) is 18.8 Å². The van der Waals surface area contributed by atoms with E-state index in [0.29, 0.717) is 40.7 Å². The van der Waals surface area contributed by atoms with Crippen LogP contribution in [0, 0.1) is 0 Å². The summed E-state index contributed by atoms with van der Waals surface area (Å²) in [6.45, 7) is 0. The van der Waals surface area contributed by atoms with Crippen molar-refractivity contribution in [2.45, 2.75) is 18.9 Å². The van der Waals surface area contributed by atoms with Crippen molar-refractivity contribution in [2.24, 2.45) is 0 Å². The molecule has 4 rings (SSSR count). The van der Waals surface area contributed by atoms with Crippen molar-refractivity contribution in [3.05, 3.63) is 71.8 Å². The fraction of sp³-hybridized carbons (Fsp3) is 0.150. The molecule has 3 aromatic rings. The predicted molar refractivity (Wildman–Crippen MR) is 101 cm³/mol. The van der Waals surface area contributed by atoms with Crippen LogP contribution in [0.4, 0.5) is 5.69 Å². The van der Waals surface area contributed by atoms with Gasteiger partial charge in [0.1, 0.15) is 11.8 Å². The van der Waals surface area contributed by atoms with Gasteiger partial charge in [-0.15, -0.1) is 0 Å². The van der Waals surface area contributed by atoms with Gasteiger partial charge in [-0.3, -0.25) is 14.6 Å². The Labute approximate surface area is 160 Å². The first-order chi connectivity index (χ1) is 13.1. The van der Waals surface area contributed by atoms with Gasteiger partial charge in [0.25, 0.3) is 0 Å². The zero-order valence-corrected chi connectivity index (χ0v) is 15.0. The van der Waals surface area contributed by atoms with Crippen molar-refractivity contribution >= 4 is 29.0 Å². The number of para-hydroxylation sites is 1. The first kappa shape index (κ1) is 17.3. The molecule has 0 radical (unpaired) electrons. The minimum Gasteiger partial charge on any atom is -0.452 e. The average Bonchev–Trinajstić information content (AvgIpc) is 3.16. The summed E-state index contributed by atoms with van der Waals surface area (Å²) in [7, 11) is 0. The molecule has 6 nitrogen and oxygen atoms in total. The number of hydrogen-bond donors (Lipinski definition) is 1. The highest BCUT2D eigenvalue weighted by Crippen LogP contribution is 2.37. The molecule has 2 aromatic heterocycles. The molecule has 1 N–H and O–H groups in total. The molecule has 0 saturated heterocycles. The van der Waals surface area contributed by atoms with Crippen molar-refractivity contribution < 1.29 is 14.3 Å². The quantitative estimate of drug-likeness (QED) is 0.722. The van der Waals surface area contributed by atoms with E-state index >= 15 is 0 Å². The molecule has 0 bridgehead atoms. The molecule has 3 heterocycles. The van der Waals surface area contributed by atoms with Crippen LogP contribution in [0.1, 0.15) is 29.4 Å². The van der Waals surface area contributed by atoms with Crippen molar-refractivity contribution in [2.75, 3.05) is 5.32 Å². The van der Waals surface area contributed by atoms with Gasteiger partial charge < -0.3 is 14.6 Å². The summed E-state index contributed by atoms with van der Waals surface area (Å²) in [5.41, 5.74) is 1.02. The number of ether oxygens (including phenoxy) is 1. The number of nitrogens with one attached hydrogen (secondary N) is 1. The van der Waals surface area contributed by atoms with E-state index in [1.165, 1.54) is 0 Å². The van der Waals surface area contributed by atoms with E-state index in [2.05, 4.69) is 10.3 Å². The first-order valence-electron chi connectivity index (χ1n) is 8.51. The van der Waals surface area contributed by atoms with Crippen LogP contribution in [0.2, 0.25) is 5.02 Å². The molecule has 1 aliphatic heterocycles. The third-order valence-corrected chi connectivity index (χ3v) is 4.72. The fourth-order valence-electron chi connectivity index (χ4n) is 3.15. The van der Waals surface area contributed by atoms with Crippen LogP contribution < -0.4 is 10.1 Å². The third-order valence-electron chi connectivity index (χ3n) is 4.43. The SMILES string of the molecule is O=C1CCC(C(=O)Nc2cccc(Cl)c2Oc2cccnc2)n2cccc21. The zero-order valence-electron chi connectivity index (χ0n) is 14.3. The van der Waals surface area contributed by atoms with Gasteiger partial charge in [-0.2, -0.15) is 0 Å². The van der Waals surface area contributed by atoms with Gasteiger partial charge in [0.15, 0.2) is 11.5 Å². The molecule has 136 valence electrons. The van der Waals surface area contributed by atoms with Crippen molar-refractivity contribution in [3.63, 3.8) is 0 Å². The number of halogens is 1. The van der Waals surface area contributed by atoms with Crippen LogP contribution in [0.5, 0.6) is 11.5 Å². The summed E-state index contributed by atoms with van der Waals surface area (Å²) >= 11 is 6.28. The molecule has 1 unspecified atom stereocenters. The number of nitrogens with zero attached hydrogens (tertiary/aromatic N) is 2. The molecular weight excluding hydrogens is 366 g/mol. The summed E-state index contributed by atoms with van der Waals surface area (Å²) in [6, 6.07) is 11.7. The van der Waals surface area contributed by atoms with Gasteiger partial charge in [0.2, 0.25) is 5.91 Å². The summed E-state index contributed by atoms with van der Waals surface area (Å²) in [4.78, 5) is 28.9. The highest BCUT2D eigenvalue weighted by molar-refractivity contribution is 6.32. The number of ketones is 1. The topological polar surface area (TPSA) is 73.2 Å². The van der Waals surface area contributed by atoms with Crippen LogP contribution in [0.15, 0.2) is 61.1 Å². The lowest BCUT2D eigenvalue weighted by molar-refractivity contribution is -0.119. The Morgan fingerprint density at radius 1 is 1.22 bits per heavy atom. The summed E-state index contributed by atoms with van der Waals surface area (Å²) in [6.07, 6.45) is 5.75. The lowest BCUT2D eigenvalue weighted by atomic mass is 10.0. The van der Waals surface area contributed by atoms with Gasteiger partial charge in [-0.25, -0.2) is 0 Å². The minimum atomic E-state index is -0.460. The second kappa shape index (κ2) is 7.25. The van der Waals surface area contributed by atoms with Crippen molar-refractivity contribution in [3.8, 4) is 11.5 Å². The molecule has 1 aromatic carbocycles. The maximum Gasteiger partial charge on any atom is 0.247 e. The fourth-order valence-corrected chi connectivity index (χ4v) is 3.36. The van der Waals surface area contributed by atoms with E-state index < -0.39 is 6.04 Å². The average molecular weight is 382 g/mol. The maximum atomic E-state index is 12.9. The molecule has 0 aliphatic carbocycles. The zero-order chi connectivity index (χ0) is 18.8. The second-order valence-electron chi connectivity index (χ2n) is 6.17. The molecule has 0 fully saturated rings. The van der Waals surface area contributed by atoms with Crippen LogP contribution in [0.25, 0.3) is 0 Å². The Morgan fingerprint density at radius 3 is 2.93 bits per heavy atom. The monoisotopic (exact) mass is 381 g/mol. The molecule has 0 saturated carbocycles. The number of hydrogen-bond acceptors (Lipinski definition) is 4. The Bertz CT molecular complexity index is 1000. The van der Waals surface area contributed by atoms with E-state index in [1.807, 2.05) is 0 Å². The summed E-state index contributed by atoms with van der Waals surface area (Å²) in [5, 5.41) is 3.26. The largest absolute Gasteiger partial charge is 0.452 e.